The fourth-order valence-corrected chi connectivity index (χ4v) is 2.66. The van der Waals surface area contributed by atoms with Crippen molar-refractivity contribution in [3.05, 3.63) is 28.8 Å². The summed E-state index contributed by atoms with van der Waals surface area (Å²) in [6, 6.07) is 5.21. The summed E-state index contributed by atoms with van der Waals surface area (Å²) in [7, 11) is 0. The van der Waals surface area contributed by atoms with E-state index in [-0.39, 0.29) is 36.3 Å². The smallest absolute Gasteiger partial charge is 0.253 e. The number of carbonyl (C=O) groups excluding carboxylic acids is 2. The van der Waals surface area contributed by atoms with E-state index in [1.165, 1.54) is 0 Å². The van der Waals surface area contributed by atoms with Gasteiger partial charge in [-0.1, -0.05) is 11.6 Å². The molecule has 1 atom stereocenters. The lowest BCUT2D eigenvalue weighted by Crippen LogP contribution is -2.43. The van der Waals surface area contributed by atoms with Crippen molar-refractivity contribution < 1.29 is 14.3 Å². The van der Waals surface area contributed by atoms with Crippen LogP contribution in [0.2, 0.25) is 5.02 Å². The molecule has 0 spiro atoms. The van der Waals surface area contributed by atoms with Crippen LogP contribution in [0.3, 0.4) is 0 Å². The molecule has 1 aliphatic heterocycles. The normalized spacial score (nSPS) is 20.0. The predicted octanol–water partition coefficient (Wildman–Crippen LogP) is 1.97. The highest BCUT2D eigenvalue weighted by atomic mass is 35.5. The summed E-state index contributed by atoms with van der Waals surface area (Å²) in [4.78, 5) is 24.2. The topological polar surface area (TPSA) is 79.5 Å². The third kappa shape index (κ3) is 5.34. The zero-order valence-electron chi connectivity index (χ0n) is 13.1. The van der Waals surface area contributed by atoms with Crippen LogP contribution in [0.1, 0.15) is 29.6 Å². The molecule has 0 radical (unpaired) electrons. The summed E-state index contributed by atoms with van der Waals surface area (Å²) in [5, 5.41) is 9.31. The highest BCUT2D eigenvalue weighted by Crippen LogP contribution is 2.24. The van der Waals surface area contributed by atoms with Crippen molar-refractivity contribution in [1.29, 1.82) is 0 Å². The van der Waals surface area contributed by atoms with Crippen molar-refractivity contribution in [3.63, 3.8) is 0 Å². The number of halogens is 2. The Bertz CT molecular complexity index is 602. The number of hydrogen-bond acceptors (Lipinski definition) is 4. The average molecular weight is 374 g/mol. The van der Waals surface area contributed by atoms with E-state index in [0.717, 1.165) is 19.4 Å². The molecule has 1 aromatic rings. The van der Waals surface area contributed by atoms with E-state index < -0.39 is 0 Å². The van der Waals surface area contributed by atoms with Crippen LogP contribution < -0.4 is 16.0 Å². The first-order chi connectivity index (χ1) is 11.1. The highest BCUT2D eigenvalue weighted by Gasteiger charge is 2.25. The van der Waals surface area contributed by atoms with Gasteiger partial charge in [0.25, 0.3) is 5.91 Å². The van der Waals surface area contributed by atoms with Crippen molar-refractivity contribution in [1.82, 2.24) is 10.6 Å². The predicted molar refractivity (Wildman–Crippen MR) is 95.0 cm³/mol. The molecule has 1 aromatic carbocycles. The van der Waals surface area contributed by atoms with Gasteiger partial charge in [-0.2, -0.15) is 0 Å². The van der Waals surface area contributed by atoms with Gasteiger partial charge in [0.15, 0.2) is 0 Å². The van der Waals surface area contributed by atoms with Gasteiger partial charge in [-0.3, -0.25) is 9.59 Å². The highest BCUT2D eigenvalue weighted by molar-refractivity contribution is 6.34. The van der Waals surface area contributed by atoms with Crippen molar-refractivity contribution >= 4 is 41.5 Å². The van der Waals surface area contributed by atoms with Crippen LogP contribution >= 0.6 is 24.0 Å². The van der Waals surface area contributed by atoms with E-state index in [4.69, 9.17) is 16.3 Å². The molecule has 3 N–H and O–H groups in total. The van der Waals surface area contributed by atoms with Gasteiger partial charge in [-0.25, -0.2) is 0 Å². The molecular formula is C16H21Cl2N3O3. The van der Waals surface area contributed by atoms with Crippen LogP contribution in [0.25, 0.3) is 0 Å². The van der Waals surface area contributed by atoms with E-state index in [1.54, 1.807) is 18.2 Å². The SMILES string of the molecule is Cl.O=C(CC1COCCN1)Nc1ccc(Cl)c(C(=O)NC2CC2)c1. The molecule has 8 heteroatoms. The second-order valence-electron chi connectivity index (χ2n) is 5.92. The maximum absolute atomic E-state index is 12.1. The molecule has 2 aliphatic rings. The number of nitrogens with one attached hydrogen (secondary N) is 3. The summed E-state index contributed by atoms with van der Waals surface area (Å²) in [5.41, 5.74) is 0.951. The molecule has 0 bridgehead atoms. The molecule has 132 valence electrons. The van der Waals surface area contributed by atoms with E-state index >= 15 is 0 Å². The van der Waals surface area contributed by atoms with Gasteiger partial charge < -0.3 is 20.7 Å². The van der Waals surface area contributed by atoms with Gasteiger partial charge in [-0.05, 0) is 31.0 Å². The largest absolute Gasteiger partial charge is 0.378 e. The minimum absolute atomic E-state index is 0. The Kier molecular flexibility index (Phi) is 6.86. The Morgan fingerprint density at radius 2 is 2.12 bits per heavy atom. The number of ether oxygens (including phenoxy) is 1. The number of anilines is 1. The fraction of sp³-hybridized carbons (Fsp3) is 0.500. The molecule has 3 rings (SSSR count). The van der Waals surface area contributed by atoms with Crippen LogP contribution in [-0.2, 0) is 9.53 Å². The number of benzene rings is 1. The Balaban J connectivity index is 0.00000208. The van der Waals surface area contributed by atoms with Gasteiger partial charge in [0.1, 0.15) is 0 Å². The quantitative estimate of drug-likeness (QED) is 0.736. The Hall–Kier alpha value is -1.34. The van der Waals surface area contributed by atoms with Crippen molar-refractivity contribution in [2.24, 2.45) is 0 Å². The number of hydrogen-bond donors (Lipinski definition) is 3. The fourth-order valence-electron chi connectivity index (χ4n) is 2.45. The maximum Gasteiger partial charge on any atom is 0.253 e. The van der Waals surface area contributed by atoms with Crippen LogP contribution in [0.4, 0.5) is 5.69 Å². The molecule has 1 saturated carbocycles. The Labute approximate surface area is 152 Å². The zero-order valence-corrected chi connectivity index (χ0v) is 14.7. The first-order valence-electron chi connectivity index (χ1n) is 7.83. The molecule has 1 saturated heterocycles. The molecule has 1 unspecified atom stereocenters. The van der Waals surface area contributed by atoms with Gasteiger partial charge in [0.05, 0.1) is 23.8 Å². The van der Waals surface area contributed by atoms with E-state index in [1.807, 2.05) is 0 Å². The van der Waals surface area contributed by atoms with Crippen LogP contribution in [0.15, 0.2) is 18.2 Å². The van der Waals surface area contributed by atoms with Crippen molar-refractivity contribution in [3.8, 4) is 0 Å². The Morgan fingerprint density at radius 1 is 1.33 bits per heavy atom. The van der Waals surface area contributed by atoms with Gasteiger partial charge >= 0.3 is 0 Å². The second kappa shape index (κ2) is 8.67. The monoisotopic (exact) mass is 373 g/mol. The number of amides is 2. The summed E-state index contributed by atoms with van der Waals surface area (Å²) in [5.74, 6) is -0.320. The number of morpholine rings is 1. The lowest BCUT2D eigenvalue weighted by Gasteiger charge is -2.23. The van der Waals surface area contributed by atoms with Crippen LogP contribution in [0.5, 0.6) is 0 Å². The molecule has 2 amide bonds. The lowest BCUT2D eigenvalue weighted by molar-refractivity contribution is -0.117. The minimum atomic E-state index is -0.198. The summed E-state index contributed by atoms with van der Waals surface area (Å²) < 4.78 is 5.33. The zero-order chi connectivity index (χ0) is 16.2. The van der Waals surface area contributed by atoms with E-state index in [0.29, 0.717) is 35.9 Å². The van der Waals surface area contributed by atoms with E-state index in [9.17, 15) is 9.59 Å². The van der Waals surface area contributed by atoms with Gasteiger partial charge in [-0.15, -0.1) is 12.4 Å². The summed E-state index contributed by atoms with van der Waals surface area (Å²) in [6.07, 6.45) is 2.35. The maximum atomic E-state index is 12.1. The van der Waals surface area contributed by atoms with Crippen LogP contribution in [-0.4, -0.2) is 43.7 Å². The molecule has 1 heterocycles. The molecule has 24 heavy (non-hydrogen) atoms. The summed E-state index contributed by atoms with van der Waals surface area (Å²) >= 11 is 6.09. The number of rotatable bonds is 5. The average Bonchev–Trinajstić information content (AvgIpc) is 3.34. The van der Waals surface area contributed by atoms with Crippen molar-refractivity contribution in [2.75, 3.05) is 25.1 Å². The Morgan fingerprint density at radius 3 is 2.79 bits per heavy atom. The van der Waals surface area contributed by atoms with Crippen LogP contribution in [0, 0.1) is 0 Å². The minimum Gasteiger partial charge on any atom is -0.378 e. The first-order valence-corrected chi connectivity index (χ1v) is 8.21. The lowest BCUT2D eigenvalue weighted by atomic mass is 10.1. The third-order valence-electron chi connectivity index (χ3n) is 3.84. The summed E-state index contributed by atoms with van der Waals surface area (Å²) in [6.45, 7) is 1.96. The molecular weight excluding hydrogens is 353 g/mol. The van der Waals surface area contributed by atoms with Gasteiger partial charge in [0, 0.05) is 30.7 Å². The van der Waals surface area contributed by atoms with Gasteiger partial charge in [0.2, 0.25) is 5.91 Å². The molecule has 2 fully saturated rings. The molecule has 0 aromatic heterocycles. The number of carbonyl (C=O) groups is 2. The van der Waals surface area contributed by atoms with E-state index in [2.05, 4.69) is 16.0 Å². The van der Waals surface area contributed by atoms with Crippen molar-refractivity contribution in [2.45, 2.75) is 31.3 Å². The molecule has 6 nitrogen and oxygen atoms in total. The second-order valence-corrected chi connectivity index (χ2v) is 6.33. The third-order valence-corrected chi connectivity index (χ3v) is 4.17. The molecule has 1 aliphatic carbocycles. The standard InChI is InChI=1S/C16H20ClN3O3.ClH/c17-14-4-3-11(7-13(14)16(22)20-10-1-2-10)19-15(21)8-12-9-23-6-5-18-12;/h3-4,7,10,12,18H,1-2,5-6,8-9H2,(H,19,21)(H,20,22);1H. The first kappa shape index (κ1) is 19.0.